The Balaban J connectivity index is 1.72. The smallest absolute Gasteiger partial charge is 0.317 e. The van der Waals surface area contributed by atoms with E-state index in [-0.39, 0.29) is 6.54 Å². The van der Waals surface area contributed by atoms with E-state index < -0.39 is 5.97 Å². The second-order valence-corrected chi connectivity index (χ2v) is 7.97. The van der Waals surface area contributed by atoms with Crippen LogP contribution in [0.5, 0.6) is 0 Å². The van der Waals surface area contributed by atoms with Gasteiger partial charge < -0.3 is 5.11 Å². The maximum atomic E-state index is 11.2. The average Bonchev–Trinajstić information content (AvgIpc) is 2.34. The van der Waals surface area contributed by atoms with Gasteiger partial charge in [-0.15, -0.1) is 0 Å². The van der Waals surface area contributed by atoms with Crippen molar-refractivity contribution in [3.8, 4) is 0 Å². The summed E-state index contributed by atoms with van der Waals surface area (Å²) in [5, 5.41) is 9.20. The molecule has 4 aliphatic rings. The van der Waals surface area contributed by atoms with E-state index >= 15 is 0 Å². The maximum absolute atomic E-state index is 11.2. The first-order valence-corrected chi connectivity index (χ1v) is 8.45. The number of rotatable bonds is 6. The largest absolute Gasteiger partial charge is 0.480 e. The highest BCUT2D eigenvalue weighted by Crippen LogP contribution is 2.60. The van der Waals surface area contributed by atoms with Gasteiger partial charge in [-0.2, -0.15) is 0 Å². The number of hydrogen-bond acceptors (Lipinski definition) is 2. The van der Waals surface area contributed by atoms with Crippen LogP contribution in [-0.4, -0.2) is 35.1 Å². The summed E-state index contributed by atoms with van der Waals surface area (Å²) in [5.74, 6) is 2.18. The van der Waals surface area contributed by atoms with Gasteiger partial charge in [0.25, 0.3) is 0 Å². The second-order valence-electron chi connectivity index (χ2n) is 7.97. The fourth-order valence-corrected chi connectivity index (χ4v) is 5.71. The molecule has 0 spiro atoms. The quantitative estimate of drug-likeness (QED) is 0.810. The van der Waals surface area contributed by atoms with E-state index in [2.05, 4.69) is 18.7 Å². The lowest BCUT2D eigenvalue weighted by molar-refractivity contribution is -0.140. The topological polar surface area (TPSA) is 40.5 Å². The number of aliphatic carboxylic acids is 1. The molecule has 0 aromatic heterocycles. The molecule has 114 valence electrons. The van der Waals surface area contributed by atoms with Crippen molar-refractivity contribution in [2.45, 2.75) is 64.8 Å². The van der Waals surface area contributed by atoms with E-state index in [0.29, 0.717) is 11.5 Å². The van der Waals surface area contributed by atoms with Crippen LogP contribution in [0.3, 0.4) is 0 Å². The lowest BCUT2D eigenvalue weighted by atomic mass is 9.49. The molecule has 0 aromatic carbocycles. The highest BCUT2D eigenvalue weighted by molar-refractivity contribution is 5.69. The highest BCUT2D eigenvalue weighted by atomic mass is 16.4. The first-order chi connectivity index (χ1) is 9.49. The molecule has 1 unspecified atom stereocenters. The van der Waals surface area contributed by atoms with Crippen LogP contribution in [0.25, 0.3) is 0 Å². The maximum Gasteiger partial charge on any atom is 0.317 e. The summed E-state index contributed by atoms with van der Waals surface area (Å²) in [7, 11) is 0. The van der Waals surface area contributed by atoms with Crippen LogP contribution in [0.4, 0.5) is 0 Å². The van der Waals surface area contributed by atoms with Crippen molar-refractivity contribution in [1.82, 2.24) is 4.90 Å². The zero-order chi connectivity index (χ0) is 14.3. The fraction of sp³-hybridized carbons (Fsp3) is 0.941. The van der Waals surface area contributed by atoms with Gasteiger partial charge in [-0.3, -0.25) is 9.69 Å². The average molecular weight is 279 g/mol. The Labute approximate surface area is 122 Å². The predicted octanol–water partition coefficient (Wildman–Crippen LogP) is 3.39. The normalized spacial score (nSPS) is 40.2. The molecule has 1 atom stereocenters. The van der Waals surface area contributed by atoms with Crippen LogP contribution in [0.1, 0.15) is 58.8 Å². The van der Waals surface area contributed by atoms with Gasteiger partial charge in [0.2, 0.25) is 0 Å². The van der Waals surface area contributed by atoms with Crippen LogP contribution < -0.4 is 0 Å². The summed E-state index contributed by atoms with van der Waals surface area (Å²) >= 11 is 0. The highest BCUT2D eigenvalue weighted by Gasteiger charge is 2.51. The Morgan fingerprint density at radius 2 is 1.70 bits per heavy atom. The van der Waals surface area contributed by atoms with Gasteiger partial charge in [0.15, 0.2) is 0 Å². The van der Waals surface area contributed by atoms with Crippen LogP contribution in [0.2, 0.25) is 0 Å². The van der Waals surface area contributed by atoms with Gasteiger partial charge in [-0.1, -0.05) is 6.92 Å². The summed E-state index contributed by atoms with van der Waals surface area (Å²) in [5.41, 5.74) is 0.452. The minimum absolute atomic E-state index is 0.219. The summed E-state index contributed by atoms with van der Waals surface area (Å²) in [6.45, 7) is 5.59. The van der Waals surface area contributed by atoms with Gasteiger partial charge >= 0.3 is 5.97 Å². The second kappa shape index (κ2) is 5.32. The van der Waals surface area contributed by atoms with Crippen molar-refractivity contribution in [3.05, 3.63) is 0 Å². The van der Waals surface area contributed by atoms with E-state index in [1.54, 1.807) is 0 Å². The summed E-state index contributed by atoms with van der Waals surface area (Å²) < 4.78 is 0. The molecule has 4 fully saturated rings. The van der Waals surface area contributed by atoms with Crippen LogP contribution in [0, 0.1) is 23.2 Å². The first-order valence-electron chi connectivity index (χ1n) is 8.45. The molecule has 4 rings (SSSR count). The van der Waals surface area contributed by atoms with Gasteiger partial charge in [0.1, 0.15) is 0 Å². The van der Waals surface area contributed by atoms with Crippen molar-refractivity contribution in [1.29, 1.82) is 0 Å². The standard InChI is InChI=1S/C17H29NO2/c1-3-12(2)18(10-16(19)20)11-17-7-13-4-14(8-17)6-15(5-13)9-17/h12-15H,3-11H2,1-2H3,(H,19,20). The molecule has 4 aliphatic carbocycles. The van der Waals surface area contributed by atoms with Gasteiger partial charge in [0.05, 0.1) is 6.54 Å². The lowest BCUT2D eigenvalue weighted by Crippen LogP contribution is -2.53. The predicted molar refractivity (Wildman–Crippen MR) is 79.6 cm³/mol. The molecule has 20 heavy (non-hydrogen) atoms. The Morgan fingerprint density at radius 3 is 2.10 bits per heavy atom. The van der Waals surface area contributed by atoms with Gasteiger partial charge in [-0.25, -0.2) is 0 Å². The minimum atomic E-state index is -0.671. The molecule has 0 heterocycles. The van der Waals surface area contributed by atoms with Crippen molar-refractivity contribution in [2.75, 3.05) is 13.1 Å². The van der Waals surface area contributed by atoms with Crippen LogP contribution in [0.15, 0.2) is 0 Å². The van der Waals surface area contributed by atoms with Crippen molar-refractivity contribution in [3.63, 3.8) is 0 Å². The fourth-order valence-electron chi connectivity index (χ4n) is 5.71. The molecule has 0 radical (unpaired) electrons. The summed E-state index contributed by atoms with van der Waals surface area (Å²) in [6, 6.07) is 0.388. The minimum Gasteiger partial charge on any atom is -0.480 e. The number of carboxylic acids is 1. The Morgan fingerprint density at radius 1 is 1.20 bits per heavy atom. The van der Waals surface area contributed by atoms with E-state index in [1.165, 1.54) is 38.5 Å². The van der Waals surface area contributed by atoms with Crippen molar-refractivity contribution in [2.24, 2.45) is 23.2 Å². The zero-order valence-corrected chi connectivity index (χ0v) is 13.0. The molecule has 1 N–H and O–H groups in total. The van der Waals surface area contributed by atoms with Crippen LogP contribution >= 0.6 is 0 Å². The van der Waals surface area contributed by atoms with E-state index in [4.69, 9.17) is 0 Å². The summed E-state index contributed by atoms with van der Waals surface area (Å²) in [6.07, 6.45) is 9.52. The van der Waals surface area contributed by atoms with Crippen LogP contribution in [-0.2, 0) is 4.79 Å². The van der Waals surface area contributed by atoms with Gasteiger partial charge in [-0.05, 0) is 75.0 Å². The number of carboxylic acid groups (broad SMARTS) is 1. The van der Waals surface area contributed by atoms with E-state index in [9.17, 15) is 9.90 Å². The summed E-state index contributed by atoms with van der Waals surface area (Å²) in [4.78, 5) is 13.4. The Hall–Kier alpha value is -0.570. The zero-order valence-electron chi connectivity index (χ0n) is 13.0. The third-order valence-electron chi connectivity index (χ3n) is 6.26. The molecule has 0 aliphatic heterocycles. The third kappa shape index (κ3) is 2.74. The molecule has 0 saturated heterocycles. The first kappa shape index (κ1) is 14.4. The van der Waals surface area contributed by atoms with E-state index in [0.717, 1.165) is 30.7 Å². The monoisotopic (exact) mass is 279 g/mol. The lowest BCUT2D eigenvalue weighted by Gasteiger charge is -2.58. The van der Waals surface area contributed by atoms with Crippen molar-refractivity contribution >= 4 is 5.97 Å². The Bertz CT molecular complexity index is 344. The van der Waals surface area contributed by atoms with Gasteiger partial charge in [0, 0.05) is 12.6 Å². The molecule has 4 saturated carbocycles. The molecule has 0 aromatic rings. The third-order valence-corrected chi connectivity index (χ3v) is 6.26. The molecular formula is C17H29NO2. The number of hydrogen-bond donors (Lipinski definition) is 1. The number of carbonyl (C=O) groups is 1. The van der Waals surface area contributed by atoms with E-state index in [1.807, 2.05) is 0 Å². The SMILES string of the molecule is CCC(C)N(CC(=O)O)CC12CC3CC(CC(C3)C1)C2. The number of nitrogens with zero attached hydrogens (tertiary/aromatic N) is 1. The van der Waals surface area contributed by atoms with Crippen molar-refractivity contribution < 1.29 is 9.90 Å². The molecular weight excluding hydrogens is 250 g/mol. The molecule has 0 amide bonds. The molecule has 3 nitrogen and oxygen atoms in total. The molecule has 3 heteroatoms. The molecule has 4 bridgehead atoms. The Kier molecular flexibility index (Phi) is 3.83.